The van der Waals surface area contributed by atoms with E-state index in [4.69, 9.17) is 4.98 Å². The molecule has 0 aliphatic carbocycles. The van der Waals surface area contributed by atoms with Crippen LogP contribution in [0.2, 0.25) is 0 Å². The summed E-state index contributed by atoms with van der Waals surface area (Å²) in [6.07, 6.45) is 0.125. The lowest BCUT2D eigenvalue weighted by molar-refractivity contribution is -0.0492. The zero-order valence-electron chi connectivity index (χ0n) is 15.2. The number of fused-ring (bicyclic) bond motifs is 1. The van der Waals surface area contributed by atoms with E-state index < -0.39 is 15.5 Å². The number of pyridine rings is 1. The fraction of sp³-hybridized carbons (Fsp3) is 0.190. The lowest BCUT2D eigenvalue weighted by Crippen LogP contribution is -2.43. The van der Waals surface area contributed by atoms with Gasteiger partial charge in [0, 0.05) is 36.3 Å². The van der Waals surface area contributed by atoms with Crippen molar-refractivity contribution in [2.75, 3.05) is 6.54 Å². The lowest BCUT2D eigenvalue weighted by atomic mass is 9.95. The van der Waals surface area contributed by atoms with E-state index >= 15 is 0 Å². The van der Waals surface area contributed by atoms with E-state index in [1.54, 1.807) is 6.07 Å². The first-order chi connectivity index (χ1) is 13.8. The van der Waals surface area contributed by atoms with E-state index in [1.165, 1.54) is 0 Å². The van der Waals surface area contributed by atoms with E-state index in [9.17, 15) is 21.6 Å². The van der Waals surface area contributed by atoms with E-state index in [0.29, 0.717) is 15.6 Å². The Morgan fingerprint density at radius 3 is 2.07 bits per heavy atom. The zero-order chi connectivity index (χ0) is 20.6. The van der Waals surface area contributed by atoms with E-state index in [-0.39, 0.29) is 19.5 Å². The number of rotatable bonds is 3. The Labute approximate surface area is 166 Å². The summed E-state index contributed by atoms with van der Waals surface area (Å²) in [5.74, 6) is 0. The molecule has 0 unspecified atom stereocenters. The van der Waals surface area contributed by atoms with Gasteiger partial charge in [-0.05, 0) is 17.2 Å². The summed E-state index contributed by atoms with van der Waals surface area (Å²) in [4.78, 5) is 4.74. The Morgan fingerprint density at radius 1 is 0.897 bits per heavy atom. The standard InChI is InChI=1S/C21H17F3N2O2S/c22-21(23,24)29(27,28)26-12-11-19-17(14-26)13-18(15-7-3-1-4-8-15)20(25-19)16-9-5-2-6-10-16/h1-10,13H,11-12,14H2. The topological polar surface area (TPSA) is 50.3 Å². The van der Waals surface area contributed by atoms with Gasteiger partial charge in [0.2, 0.25) is 0 Å². The van der Waals surface area contributed by atoms with Crippen molar-refractivity contribution in [1.82, 2.24) is 9.29 Å². The molecule has 150 valence electrons. The van der Waals surface area contributed by atoms with Crippen LogP contribution in [0.15, 0.2) is 66.7 Å². The van der Waals surface area contributed by atoms with Gasteiger partial charge >= 0.3 is 15.5 Å². The molecule has 0 atom stereocenters. The maximum absolute atomic E-state index is 13.0. The molecule has 0 radical (unpaired) electrons. The quantitative estimate of drug-likeness (QED) is 0.624. The Balaban J connectivity index is 1.83. The molecule has 1 aromatic heterocycles. The first-order valence-electron chi connectivity index (χ1n) is 8.97. The van der Waals surface area contributed by atoms with Crippen LogP contribution in [-0.2, 0) is 23.0 Å². The van der Waals surface area contributed by atoms with Gasteiger partial charge in [-0.2, -0.15) is 17.5 Å². The number of aromatic nitrogens is 1. The Morgan fingerprint density at radius 2 is 1.48 bits per heavy atom. The van der Waals surface area contributed by atoms with Crippen LogP contribution in [0, 0.1) is 0 Å². The largest absolute Gasteiger partial charge is 0.511 e. The van der Waals surface area contributed by atoms with Crippen molar-refractivity contribution in [3.05, 3.63) is 78.0 Å². The molecule has 2 heterocycles. The summed E-state index contributed by atoms with van der Waals surface area (Å²) >= 11 is 0. The van der Waals surface area contributed by atoms with Crippen LogP contribution in [0.1, 0.15) is 11.3 Å². The highest BCUT2D eigenvalue weighted by Crippen LogP contribution is 2.36. The van der Waals surface area contributed by atoms with Crippen molar-refractivity contribution >= 4 is 10.0 Å². The second kappa shape index (κ2) is 7.27. The van der Waals surface area contributed by atoms with Crippen LogP contribution in [0.5, 0.6) is 0 Å². The summed E-state index contributed by atoms with van der Waals surface area (Å²) in [6, 6.07) is 20.7. The highest BCUT2D eigenvalue weighted by molar-refractivity contribution is 7.89. The maximum Gasteiger partial charge on any atom is 0.511 e. The molecule has 4 rings (SSSR count). The van der Waals surface area contributed by atoms with Crippen molar-refractivity contribution < 1.29 is 21.6 Å². The van der Waals surface area contributed by atoms with E-state index in [1.807, 2.05) is 60.7 Å². The SMILES string of the molecule is O=S(=O)(N1CCc2nc(-c3ccccc3)c(-c3ccccc3)cc2C1)C(F)(F)F. The summed E-state index contributed by atoms with van der Waals surface area (Å²) in [5, 5.41) is 0. The Bertz CT molecular complexity index is 1130. The first-order valence-corrected chi connectivity index (χ1v) is 10.4. The van der Waals surface area contributed by atoms with E-state index in [2.05, 4.69) is 0 Å². The molecule has 3 aromatic rings. The van der Waals surface area contributed by atoms with Gasteiger partial charge in [-0.3, -0.25) is 4.98 Å². The van der Waals surface area contributed by atoms with Crippen LogP contribution < -0.4 is 0 Å². The smallest absolute Gasteiger partial charge is 0.252 e. The van der Waals surface area contributed by atoms with Crippen molar-refractivity contribution in [3.63, 3.8) is 0 Å². The first kappa shape index (κ1) is 19.6. The number of alkyl halides is 3. The third-order valence-electron chi connectivity index (χ3n) is 4.90. The molecule has 0 fully saturated rings. The van der Waals surface area contributed by atoms with Crippen LogP contribution >= 0.6 is 0 Å². The molecule has 0 saturated carbocycles. The second-order valence-electron chi connectivity index (χ2n) is 6.76. The van der Waals surface area contributed by atoms with Gasteiger partial charge in [0.05, 0.1) is 5.69 Å². The number of sulfonamides is 1. The van der Waals surface area contributed by atoms with Crippen LogP contribution in [0.25, 0.3) is 22.4 Å². The number of benzene rings is 2. The number of hydrogen-bond donors (Lipinski definition) is 0. The summed E-state index contributed by atoms with van der Waals surface area (Å²) < 4.78 is 63.1. The van der Waals surface area contributed by atoms with Gasteiger partial charge in [0.25, 0.3) is 0 Å². The van der Waals surface area contributed by atoms with Crippen LogP contribution in [0.4, 0.5) is 13.2 Å². The molecular formula is C21H17F3N2O2S. The predicted molar refractivity (Wildman–Crippen MR) is 104 cm³/mol. The highest BCUT2D eigenvalue weighted by Gasteiger charge is 2.50. The molecule has 0 amide bonds. The molecule has 1 aliphatic rings. The zero-order valence-corrected chi connectivity index (χ0v) is 16.0. The molecule has 8 heteroatoms. The lowest BCUT2D eigenvalue weighted by Gasteiger charge is -2.29. The van der Waals surface area contributed by atoms with Gasteiger partial charge in [-0.1, -0.05) is 60.7 Å². The monoisotopic (exact) mass is 418 g/mol. The fourth-order valence-corrected chi connectivity index (χ4v) is 4.38. The van der Waals surface area contributed by atoms with Gasteiger partial charge < -0.3 is 0 Å². The minimum atomic E-state index is -5.38. The summed E-state index contributed by atoms with van der Waals surface area (Å²) in [6.45, 7) is -0.597. The average Bonchev–Trinajstić information content (AvgIpc) is 2.73. The third kappa shape index (κ3) is 3.65. The number of nitrogens with zero attached hydrogens (tertiary/aromatic N) is 2. The minimum Gasteiger partial charge on any atom is -0.252 e. The molecule has 0 N–H and O–H groups in total. The Kier molecular flexibility index (Phi) is 4.92. The van der Waals surface area contributed by atoms with Crippen molar-refractivity contribution in [3.8, 4) is 22.4 Å². The molecule has 0 saturated heterocycles. The molecule has 4 nitrogen and oxygen atoms in total. The predicted octanol–water partition coefficient (Wildman–Crippen LogP) is 4.62. The highest BCUT2D eigenvalue weighted by atomic mass is 32.2. The van der Waals surface area contributed by atoms with Crippen molar-refractivity contribution in [2.45, 2.75) is 18.5 Å². The van der Waals surface area contributed by atoms with Gasteiger partial charge in [0.15, 0.2) is 0 Å². The number of halogens is 3. The fourth-order valence-electron chi connectivity index (χ4n) is 3.45. The third-order valence-corrected chi connectivity index (χ3v) is 6.48. The normalized spacial score (nSPS) is 15.1. The average molecular weight is 418 g/mol. The summed E-state index contributed by atoms with van der Waals surface area (Å²) in [5.41, 5.74) is -0.981. The molecule has 2 aromatic carbocycles. The Hall–Kier alpha value is -2.71. The van der Waals surface area contributed by atoms with Gasteiger partial charge in [0.1, 0.15) is 0 Å². The van der Waals surface area contributed by atoms with Crippen LogP contribution in [0.3, 0.4) is 0 Å². The molecule has 29 heavy (non-hydrogen) atoms. The second-order valence-corrected chi connectivity index (χ2v) is 8.69. The number of hydrogen-bond acceptors (Lipinski definition) is 3. The van der Waals surface area contributed by atoms with Crippen molar-refractivity contribution in [2.24, 2.45) is 0 Å². The van der Waals surface area contributed by atoms with Gasteiger partial charge in [-0.15, -0.1) is 0 Å². The molecule has 0 bridgehead atoms. The van der Waals surface area contributed by atoms with Crippen LogP contribution in [-0.4, -0.2) is 29.8 Å². The molecule has 0 spiro atoms. The maximum atomic E-state index is 13.0. The molecule has 1 aliphatic heterocycles. The molecular weight excluding hydrogens is 401 g/mol. The minimum absolute atomic E-state index is 0.125. The van der Waals surface area contributed by atoms with Gasteiger partial charge in [-0.25, -0.2) is 8.42 Å². The van der Waals surface area contributed by atoms with Crippen molar-refractivity contribution in [1.29, 1.82) is 0 Å². The van der Waals surface area contributed by atoms with E-state index in [0.717, 1.165) is 22.4 Å². The summed E-state index contributed by atoms with van der Waals surface area (Å²) in [7, 11) is -5.38.